The van der Waals surface area contributed by atoms with Crippen LogP contribution in [0.4, 0.5) is 0 Å². The molecule has 90 valence electrons. The molecule has 0 aromatic heterocycles. The third-order valence-electron chi connectivity index (χ3n) is 2.83. The van der Waals surface area contributed by atoms with E-state index in [2.05, 4.69) is 10.2 Å². The molecule has 0 saturated carbocycles. The Balaban J connectivity index is 2.17. The van der Waals surface area contributed by atoms with E-state index in [1.165, 1.54) is 13.0 Å². The van der Waals surface area contributed by atoms with Crippen molar-refractivity contribution in [1.29, 1.82) is 0 Å². The summed E-state index contributed by atoms with van der Waals surface area (Å²) in [5, 5.41) is 3.22. The van der Waals surface area contributed by atoms with Crippen molar-refractivity contribution in [3.63, 3.8) is 0 Å². The summed E-state index contributed by atoms with van der Waals surface area (Å²) in [6.45, 7) is 5.87. The zero-order valence-electron chi connectivity index (χ0n) is 10.00. The lowest BCUT2D eigenvalue weighted by atomic mass is 10.2. The summed E-state index contributed by atoms with van der Waals surface area (Å²) >= 11 is 0. The standard InChI is InChI=1S/C11H24N2O2/c1-12-9-11-10-15-8-6-13(11)5-3-4-7-14-2/h11-12H,3-10H2,1-2H3. The fourth-order valence-electron chi connectivity index (χ4n) is 1.97. The van der Waals surface area contributed by atoms with Gasteiger partial charge in [0.2, 0.25) is 0 Å². The second kappa shape index (κ2) is 8.05. The number of hydrogen-bond acceptors (Lipinski definition) is 4. The van der Waals surface area contributed by atoms with Crippen LogP contribution in [0.5, 0.6) is 0 Å². The Labute approximate surface area is 92.9 Å². The zero-order valence-corrected chi connectivity index (χ0v) is 10.00. The van der Waals surface area contributed by atoms with Crippen molar-refractivity contribution in [1.82, 2.24) is 10.2 Å². The first kappa shape index (κ1) is 12.9. The summed E-state index contributed by atoms with van der Waals surface area (Å²) < 4.78 is 10.5. The average Bonchev–Trinajstić information content (AvgIpc) is 2.27. The zero-order chi connectivity index (χ0) is 10.9. The van der Waals surface area contributed by atoms with E-state index < -0.39 is 0 Å². The highest BCUT2D eigenvalue weighted by atomic mass is 16.5. The van der Waals surface area contributed by atoms with E-state index in [1.54, 1.807) is 7.11 Å². The van der Waals surface area contributed by atoms with Gasteiger partial charge in [-0.1, -0.05) is 0 Å². The van der Waals surface area contributed by atoms with Crippen LogP contribution in [0.3, 0.4) is 0 Å². The number of unbranched alkanes of at least 4 members (excludes halogenated alkanes) is 1. The molecule has 15 heavy (non-hydrogen) atoms. The predicted octanol–water partition coefficient (Wildman–Crippen LogP) is 0.333. The van der Waals surface area contributed by atoms with Crippen LogP contribution >= 0.6 is 0 Å². The van der Waals surface area contributed by atoms with Crippen molar-refractivity contribution in [3.05, 3.63) is 0 Å². The van der Waals surface area contributed by atoms with E-state index in [9.17, 15) is 0 Å². The monoisotopic (exact) mass is 216 g/mol. The number of nitrogens with zero attached hydrogens (tertiary/aromatic N) is 1. The Morgan fingerprint density at radius 3 is 3.07 bits per heavy atom. The number of likely N-dealkylation sites (N-methyl/N-ethyl adjacent to an activating group) is 1. The summed E-state index contributed by atoms with van der Waals surface area (Å²) in [5.74, 6) is 0. The average molecular weight is 216 g/mol. The molecule has 0 aromatic carbocycles. The highest BCUT2D eigenvalue weighted by Gasteiger charge is 2.21. The second-order valence-corrected chi connectivity index (χ2v) is 4.02. The fourth-order valence-corrected chi connectivity index (χ4v) is 1.97. The number of morpholine rings is 1. The summed E-state index contributed by atoms with van der Waals surface area (Å²) in [6.07, 6.45) is 2.37. The lowest BCUT2D eigenvalue weighted by Gasteiger charge is -2.35. The molecular weight excluding hydrogens is 192 g/mol. The molecule has 1 heterocycles. The second-order valence-electron chi connectivity index (χ2n) is 4.02. The Kier molecular flexibility index (Phi) is 6.92. The third-order valence-corrected chi connectivity index (χ3v) is 2.83. The minimum absolute atomic E-state index is 0.547. The van der Waals surface area contributed by atoms with Crippen LogP contribution in [-0.4, -0.2) is 64.6 Å². The molecule has 1 fully saturated rings. The minimum atomic E-state index is 0.547. The van der Waals surface area contributed by atoms with Gasteiger partial charge in [0.15, 0.2) is 0 Å². The van der Waals surface area contributed by atoms with Gasteiger partial charge in [-0.3, -0.25) is 4.90 Å². The maximum atomic E-state index is 5.49. The summed E-state index contributed by atoms with van der Waals surface area (Å²) in [7, 11) is 3.76. The van der Waals surface area contributed by atoms with E-state index >= 15 is 0 Å². The molecular formula is C11H24N2O2. The minimum Gasteiger partial charge on any atom is -0.385 e. The van der Waals surface area contributed by atoms with Gasteiger partial charge in [0.05, 0.1) is 13.2 Å². The largest absolute Gasteiger partial charge is 0.385 e. The van der Waals surface area contributed by atoms with E-state index in [1.807, 2.05) is 7.05 Å². The van der Waals surface area contributed by atoms with Gasteiger partial charge in [0.1, 0.15) is 0 Å². The molecule has 1 saturated heterocycles. The van der Waals surface area contributed by atoms with Crippen LogP contribution in [0.2, 0.25) is 0 Å². The summed E-state index contributed by atoms with van der Waals surface area (Å²) in [4.78, 5) is 2.52. The van der Waals surface area contributed by atoms with E-state index in [0.717, 1.165) is 39.3 Å². The lowest BCUT2D eigenvalue weighted by Crippen LogP contribution is -2.50. The Morgan fingerprint density at radius 2 is 2.33 bits per heavy atom. The molecule has 1 aliphatic heterocycles. The predicted molar refractivity (Wildman–Crippen MR) is 61.2 cm³/mol. The van der Waals surface area contributed by atoms with Crippen LogP contribution in [0.1, 0.15) is 12.8 Å². The number of nitrogens with one attached hydrogen (secondary N) is 1. The number of methoxy groups -OCH3 is 1. The smallest absolute Gasteiger partial charge is 0.0634 e. The molecule has 0 bridgehead atoms. The van der Waals surface area contributed by atoms with Crippen molar-refractivity contribution in [2.24, 2.45) is 0 Å². The highest BCUT2D eigenvalue weighted by Crippen LogP contribution is 2.07. The van der Waals surface area contributed by atoms with Crippen LogP contribution in [0.15, 0.2) is 0 Å². The van der Waals surface area contributed by atoms with Crippen LogP contribution in [0, 0.1) is 0 Å². The highest BCUT2D eigenvalue weighted by molar-refractivity contribution is 4.76. The summed E-state index contributed by atoms with van der Waals surface area (Å²) in [6, 6.07) is 0.547. The molecule has 0 amide bonds. The molecule has 1 aliphatic rings. The Bertz CT molecular complexity index is 154. The van der Waals surface area contributed by atoms with Gasteiger partial charge in [-0.15, -0.1) is 0 Å². The van der Waals surface area contributed by atoms with Crippen molar-refractivity contribution in [2.45, 2.75) is 18.9 Å². The van der Waals surface area contributed by atoms with Gasteiger partial charge in [0.25, 0.3) is 0 Å². The molecule has 1 N–H and O–H groups in total. The summed E-state index contributed by atoms with van der Waals surface area (Å²) in [5.41, 5.74) is 0. The lowest BCUT2D eigenvalue weighted by molar-refractivity contribution is -0.00737. The van der Waals surface area contributed by atoms with E-state index in [4.69, 9.17) is 9.47 Å². The van der Waals surface area contributed by atoms with Gasteiger partial charge in [0, 0.05) is 32.8 Å². The molecule has 4 nitrogen and oxygen atoms in total. The number of hydrogen-bond donors (Lipinski definition) is 1. The fraction of sp³-hybridized carbons (Fsp3) is 1.00. The quantitative estimate of drug-likeness (QED) is 0.622. The topological polar surface area (TPSA) is 33.7 Å². The van der Waals surface area contributed by atoms with Crippen LogP contribution < -0.4 is 5.32 Å². The van der Waals surface area contributed by atoms with Crippen molar-refractivity contribution >= 4 is 0 Å². The van der Waals surface area contributed by atoms with E-state index in [-0.39, 0.29) is 0 Å². The molecule has 0 aliphatic carbocycles. The van der Waals surface area contributed by atoms with Crippen LogP contribution in [0.25, 0.3) is 0 Å². The molecule has 0 spiro atoms. The normalized spacial score (nSPS) is 23.2. The molecule has 1 rings (SSSR count). The first-order chi connectivity index (χ1) is 7.38. The third kappa shape index (κ3) is 4.93. The van der Waals surface area contributed by atoms with Crippen molar-refractivity contribution in [2.75, 3.05) is 53.6 Å². The maximum absolute atomic E-state index is 5.49. The van der Waals surface area contributed by atoms with Gasteiger partial charge in [-0.25, -0.2) is 0 Å². The first-order valence-corrected chi connectivity index (χ1v) is 5.83. The van der Waals surface area contributed by atoms with Crippen molar-refractivity contribution < 1.29 is 9.47 Å². The number of rotatable bonds is 7. The van der Waals surface area contributed by atoms with Gasteiger partial charge >= 0.3 is 0 Å². The Morgan fingerprint density at radius 1 is 1.47 bits per heavy atom. The van der Waals surface area contributed by atoms with Gasteiger partial charge < -0.3 is 14.8 Å². The maximum Gasteiger partial charge on any atom is 0.0634 e. The van der Waals surface area contributed by atoms with E-state index in [0.29, 0.717) is 6.04 Å². The van der Waals surface area contributed by atoms with Crippen LogP contribution in [-0.2, 0) is 9.47 Å². The van der Waals surface area contributed by atoms with Gasteiger partial charge in [-0.2, -0.15) is 0 Å². The molecule has 0 radical (unpaired) electrons. The molecule has 1 unspecified atom stereocenters. The molecule has 0 aromatic rings. The molecule has 4 heteroatoms. The van der Waals surface area contributed by atoms with Gasteiger partial charge in [-0.05, 0) is 26.4 Å². The molecule has 1 atom stereocenters. The van der Waals surface area contributed by atoms with Crippen molar-refractivity contribution in [3.8, 4) is 0 Å². The SMILES string of the molecule is CNCC1COCCN1CCCCOC. The number of ether oxygens (including phenoxy) is 2. The first-order valence-electron chi connectivity index (χ1n) is 5.83. The Hall–Kier alpha value is -0.160.